The van der Waals surface area contributed by atoms with E-state index >= 15 is 0 Å². The molecule has 0 fully saturated rings. The Balaban J connectivity index is 2.31. The Kier molecular flexibility index (Phi) is 4.26. The van der Waals surface area contributed by atoms with Crippen LogP contribution in [-0.2, 0) is 11.2 Å². The van der Waals surface area contributed by atoms with Crippen molar-refractivity contribution in [3.63, 3.8) is 0 Å². The molecule has 1 aliphatic rings. The number of rotatable bonds is 5. The van der Waals surface area contributed by atoms with Gasteiger partial charge in [0.1, 0.15) is 5.69 Å². The van der Waals surface area contributed by atoms with Crippen molar-refractivity contribution in [3.8, 4) is 0 Å². The van der Waals surface area contributed by atoms with E-state index < -0.39 is 4.92 Å². The predicted molar refractivity (Wildman–Crippen MR) is 76.9 cm³/mol. The number of nitro benzene ring substituents is 1. The van der Waals surface area contributed by atoms with Gasteiger partial charge in [-0.25, -0.2) is 0 Å². The highest BCUT2D eigenvalue weighted by atomic mass is 32.2. The molecule has 7 heteroatoms. The van der Waals surface area contributed by atoms with Crippen molar-refractivity contribution in [1.29, 1.82) is 0 Å². The second-order valence-electron chi connectivity index (χ2n) is 4.25. The van der Waals surface area contributed by atoms with Gasteiger partial charge >= 0.3 is 0 Å². The van der Waals surface area contributed by atoms with E-state index in [1.807, 2.05) is 6.26 Å². The molecule has 1 aromatic rings. The van der Waals surface area contributed by atoms with Gasteiger partial charge in [0.05, 0.1) is 4.92 Å². The SMILES string of the molecule is CSCCNc1cc2c(cc1[N+](=O)[O-])CCC(=O)N2. The first-order valence-corrected chi connectivity index (χ1v) is 7.35. The molecule has 0 aliphatic carbocycles. The molecule has 1 aromatic carbocycles. The van der Waals surface area contributed by atoms with Gasteiger partial charge in [0.25, 0.3) is 5.69 Å². The van der Waals surface area contributed by atoms with Gasteiger partial charge in [0.2, 0.25) is 5.91 Å². The second-order valence-corrected chi connectivity index (χ2v) is 5.24. The summed E-state index contributed by atoms with van der Waals surface area (Å²) in [5.41, 5.74) is 2.02. The van der Waals surface area contributed by atoms with E-state index in [9.17, 15) is 14.9 Å². The first kappa shape index (κ1) is 13.7. The molecule has 19 heavy (non-hydrogen) atoms. The highest BCUT2D eigenvalue weighted by Gasteiger charge is 2.22. The molecule has 102 valence electrons. The van der Waals surface area contributed by atoms with Gasteiger partial charge in [0.15, 0.2) is 0 Å². The van der Waals surface area contributed by atoms with Crippen LogP contribution in [0.4, 0.5) is 17.1 Å². The summed E-state index contributed by atoms with van der Waals surface area (Å²) >= 11 is 1.66. The Bertz CT molecular complexity index is 519. The molecule has 1 aliphatic heterocycles. The smallest absolute Gasteiger partial charge is 0.292 e. The fourth-order valence-electron chi connectivity index (χ4n) is 2.00. The lowest BCUT2D eigenvalue weighted by atomic mass is 10.0. The number of nitrogens with zero attached hydrogens (tertiary/aromatic N) is 1. The number of benzene rings is 1. The number of hydrogen-bond donors (Lipinski definition) is 2. The van der Waals surface area contributed by atoms with Crippen LogP contribution >= 0.6 is 11.8 Å². The normalized spacial score (nSPS) is 13.6. The number of anilines is 2. The number of nitro groups is 1. The van der Waals surface area contributed by atoms with Crippen LogP contribution in [0.25, 0.3) is 0 Å². The van der Waals surface area contributed by atoms with Crippen LogP contribution in [-0.4, -0.2) is 29.4 Å². The maximum atomic E-state index is 11.3. The van der Waals surface area contributed by atoms with Crippen molar-refractivity contribution < 1.29 is 9.72 Å². The predicted octanol–water partition coefficient (Wildman–Crippen LogP) is 2.25. The number of hydrogen-bond acceptors (Lipinski definition) is 5. The maximum absolute atomic E-state index is 11.3. The summed E-state index contributed by atoms with van der Waals surface area (Å²) in [5.74, 6) is 0.817. The van der Waals surface area contributed by atoms with Crippen molar-refractivity contribution in [3.05, 3.63) is 27.8 Å². The highest BCUT2D eigenvalue weighted by Crippen LogP contribution is 2.33. The van der Waals surface area contributed by atoms with E-state index in [0.29, 0.717) is 30.8 Å². The molecule has 0 atom stereocenters. The van der Waals surface area contributed by atoms with Crippen molar-refractivity contribution in [2.45, 2.75) is 12.8 Å². The summed E-state index contributed by atoms with van der Waals surface area (Å²) in [6.45, 7) is 0.648. The van der Waals surface area contributed by atoms with E-state index in [1.54, 1.807) is 23.9 Å². The lowest BCUT2D eigenvalue weighted by Gasteiger charge is -2.18. The second kappa shape index (κ2) is 5.92. The monoisotopic (exact) mass is 281 g/mol. The third-order valence-corrected chi connectivity index (χ3v) is 3.55. The van der Waals surface area contributed by atoms with Crippen molar-refractivity contribution >= 4 is 34.7 Å². The van der Waals surface area contributed by atoms with Crippen molar-refractivity contribution in [2.75, 3.05) is 29.2 Å². The Labute approximate surface area is 115 Å². The number of amides is 1. The average Bonchev–Trinajstić information content (AvgIpc) is 2.37. The van der Waals surface area contributed by atoms with Gasteiger partial charge in [0, 0.05) is 30.5 Å². The summed E-state index contributed by atoms with van der Waals surface area (Å²) in [6.07, 6.45) is 2.90. The zero-order valence-electron chi connectivity index (χ0n) is 10.6. The molecular formula is C12H15N3O3S. The summed E-state index contributed by atoms with van der Waals surface area (Å²) in [5, 5.41) is 16.9. The lowest BCUT2D eigenvalue weighted by molar-refractivity contribution is -0.384. The van der Waals surface area contributed by atoms with Crippen LogP contribution in [0.5, 0.6) is 0 Å². The van der Waals surface area contributed by atoms with Crippen molar-refractivity contribution in [1.82, 2.24) is 0 Å². The van der Waals surface area contributed by atoms with Crippen LogP contribution in [0.2, 0.25) is 0 Å². The van der Waals surface area contributed by atoms with Gasteiger partial charge < -0.3 is 10.6 Å². The molecule has 2 rings (SSSR count). The van der Waals surface area contributed by atoms with Gasteiger partial charge in [-0.2, -0.15) is 11.8 Å². The van der Waals surface area contributed by atoms with E-state index in [-0.39, 0.29) is 11.6 Å². The van der Waals surface area contributed by atoms with E-state index in [2.05, 4.69) is 10.6 Å². The number of carbonyl (C=O) groups excluding carboxylic acids is 1. The largest absolute Gasteiger partial charge is 0.379 e. The first-order valence-electron chi connectivity index (χ1n) is 5.96. The number of aryl methyl sites for hydroxylation is 1. The molecule has 0 unspecified atom stereocenters. The molecule has 0 spiro atoms. The van der Waals surface area contributed by atoms with Gasteiger partial charge in [-0.1, -0.05) is 0 Å². The molecule has 2 N–H and O–H groups in total. The zero-order valence-corrected chi connectivity index (χ0v) is 11.4. The fraction of sp³-hybridized carbons (Fsp3) is 0.417. The maximum Gasteiger partial charge on any atom is 0.292 e. The standard InChI is InChI=1S/C12H15N3O3S/c1-19-5-4-13-10-7-9-8(2-3-12(16)14-9)6-11(10)15(17)18/h6-7,13H,2-5H2,1H3,(H,14,16). The Hall–Kier alpha value is -1.76. The fourth-order valence-corrected chi connectivity index (χ4v) is 2.30. The van der Waals surface area contributed by atoms with Crippen LogP contribution in [0, 0.1) is 10.1 Å². The highest BCUT2D eigenvalue weighted by molar-refractivity contribution is 7.98. The van der Waals surface area contributed by atoms with Crippen LogP contribution < -0.4 is 10.6 Å². The summed E-state index contributed by atoms with van der Waals surface area (Å²) < 4.78 is 0. The average molecular weight is 281 g/mol. The number of fused-ring (bicyclic) bond motifs is 1. The summed E-state index contributed by atoms with van der Waals surface area (Å²) in [6, 6.07) is 3.21. The third kappa shape index (κ3) is 3.17. The molecule has 6 nitrogen and oxygen atoms in total. The topological polar surface area (TPSA) is 84.3 Å². The molecule has 0 radical (unpaired) electrons. The van der Waals surface area contributed by atoms with Gasteiger partial charge in [-0.05, 0) is 24.3 Å². The van der Waals surface area contributed by atoms with Gasteiger partial charge in [-0.15, -0.1) is 0 Å². The Morgan fingerprint density at radius 1 is 1.47 bits per heavy atom. The summed E-state index contributed by atoms with van der Waals surface area (Å²) in [4.78, 5) is 22.0. The van der Waals surface area contributed by atoms with E-state index in [1.165, 1.54) is 0 Å². The van der Waals surface area contributed by atoms with Crippen molar-refractivity contribution in [2.24, 2.45) is 0 Å². The summed E-state index contributed by atoms with van der Waals surface area (Å²) in [7, 11) is 0. The minimum absolute atomic E-state index is 0.0450. The Morgan fingerprint density at radius 2 is 2.26 bits per heavy atom. The zero-order chi connectivity index (χ0) is 13.8. The molecular weight excluding hydrogens is 266 g/mol. The number of thioether (sulfide) groups is 1. The molecule has 0 bridgehead atoms. The van der Waals surface area contributed by atoms with E-state index in [4.69, 9.17) is 0 Å². The molecule has 0 aromatic heterocycles. The molecule has 1 heterocycles. The molecule has 1 amide bonds. The lowest BCUT2D eigenvalue weighted by Crippen LogP contribution is -2.19. The minimum atomic E-state index is -0.391. The molecule has 0 saturated carbocycles. The van der Waals surface area contributed by atoms with Crippen LogP contribution in [0.3, 0.4) is 0 Å². The third-order valence-electron chi connectivity index (χ3n) is 2.94. The van der Waals surface area contributed by atoms with Gasteiger partial charge in [-0.3, -0.25) is 14.9 Å². The number of carbonyl (C=O) groups is 1. The Morgan fingerprint density at radius 3 is 2.95 bits per heavy atom. The van der Waals surface area contributed by atoms with E-state index in [0.717, 1.165) is 11.3 Å². The number of nitrogens with one attached hydrogen (secondary N) is 2. The quantitative estimate of drug-likeness (QED) is 0.491. The molecule has 0 saturated heterocycles. The minimum Gasteiger partial charge on any atom is -0.379 e. The van der Waals surface area contributed by atoms with Crippen LogP contribution in [0.15, 0.2) is 12.1 Å². The van der Waals surface area contributed by atoms with Crippen LogP contribution in [0.1, 0.15) is 12.0 Å². The first-order chi connectivity index (χ1) is 9.11.